The van der Waals surface area contributed by atoms with Crippen LogP contribution in [-0.4, -0.2) is 56.6 Å². The number of hydrogen-bond donors (Lipinski definition) is 1. The monoisotopic (exact) mass is 555 g/mol. The number of benzene rings is 2. The van der Waals surface area contributed by atoms with E-state index in [0.717, 1.165) is 42.4 Å². The lowest BCUT2D eigenvalue weighted by Gasteiger charge is -2.33. The van der Waals surface area contributed by atoms with E-state index in [2.05, 4.69) is 5.32 Å². The van der Waals surface area contributed by atoms with Crippen molar-refractivity contribution in [2.75, 3.05) is 23.7 Å². The first-order valence-electron chi connectivity index (χ1n) is 14.3. The van der Waals surface area contributed by atoms with Gasteiger partial charge in [0.15, 0.2) is 0 Å². The molecule has 2 aromatic carbocycles. The van der Waals surface area contributed by atoms with Crippen molar-refractivity contribution in [2.45, 2.75) is 90.6 Å². The Morgan fingerprint density at radius 2 is 1.67 bits per heavy atom. The molecule has 1 aliphatic carbocycles. The summed E-state index contributed by atoms with van der Waals surface area (Å²) in [5.74, 6) is -0.205. The van der Waals surface area contributed by atoms with E-state index in [4.69, 9.17) is 0 Å². The minimum atomic E-state index is -3.52. The maximum atomic E-state index is 13.6. The van der Waals surface area contributed by atoms with Gasteiger partial charge in [0.05, 0.1) is 11.9 Å². The zero-order valence-electron chi connectivity index (χ0n) is 24.0. The zero-order chi connectivity index (χ0) is 28.4. The van der Waals surface area contributed by atoms with Gasteiger partial charge in [0.2, 0.25) is 21.8 Å². The summed E-state index contributed by atoms with van der Waals surface area (Å²) in [6, 6.07) is 15.2. The van der Waals surface area contributed by atoms with Crippen LogP contribution in [0.25, 0.3) is 0 Å². The third-order valence-corrected chi connectivity index (χ3v) is 8.95. The van der Waals surface area contributed by atoms with Gasteiger partial charge in [-0.3, -0.25) is 13.9 Å². The largest absolute Gasteiger partial charge is 0.352 e. The number of rotatable bonds is 13. The molecule has 214 valence electrons. The molecule has 1 saturated carbocycles. The highest BCUT2D eigenvalue weighted by atomic mass is 32.2. The van der Waals surface area contributed by atoms with Crippen LogP contribution in [0.1, 0.15) is 75.0 Å². The summed E-state index contributed by atoms with van der Waals surface area (Å²) >= 11 is 0. The van der Waals surface area contributed by atoms with Gasteiger partial charge >= 0.3 is 0 Å². The van der Waals surface area contributed by atoms with Crippen molar-refractivity contribution in [1.29, 1.82) is 0 Å². The van der Waals surface area contributed by atoms with E-state index < -0.39 is 16.1 Å². The molecule has 0 spiro atoms. The minimum absolute atomic E-state index is 0.0845. The number of sulfonamides is 1. The van der Waals surface area contributed by atoms with Gasteiger partial charge < -0.3 is 10.2 Å². The fourth-order valence-electron chi connectivity index (χ4n) is 5.32. The molecular weight excluding hydrogens is 510 g/mol. The van der Waals surface area contributed by atoms with Crippen LogP contribution in [0.15, 0.2) is 48.5 Å². The summed E-state index contributed by atoms with van der Waals surface area (Å²) in [6.07, 6.45) is 8.32. The van der Waals surface area contributed by atoms with Gasteiger partial charge in [-0.1, -0.05) is 62.6 Å². The summed E-state index contributed by atoms with van der Waals surface area (Å²) in [5, 5.41) is 3.21. The maximum absolute atomic E-state index is 13.6. The minimum Gasteiger partial charge on any atom is -0.352 e. The second-order valence-corrected chi connectivity index (χ2v) is 12.7. The molecule has 1 atom stereocenters. The number of nitrogens with one attached hydrogen (secondary N) is 1. The van der Waals surface area contributed by atoms with Gasteiger partial charge in [-0.25, -0.2) is 8.42 Å². The number of carbonyl (C=O) groups is 2. The Hall–Kier alpha value is -2.87. The molecule has 1 aliphatic rings. The predicted molar refractivity (Wildman–Crippen MR) is 158 cm³/mol. The summed E-state index contributed by atoms with van der Waals surface area (Å²) in [5.41, 5.74) is 3.82. The van der Waals surface area contributed by atoms with Gasteiger partial charge in [-0.15, -0.1) is 0 Å². The first kappa shape index (κ1) is 30.7. The molecule has 0 heterocycles. The van der Waals surface area contributed by atoms with Gasteiger partial charge in [0.25, 0.3) is 0 Å². The molecule has 0 aliphatic heterocycles. The van der Waals surface area contributed by atoms with Crippen molar-refractivity contribution in [3.63, 3.8) is 0 Å². The molecule has 0 aromatic heterocycles. The number of amides is 2. The van der Waals surface area contributed by atoms with Gasteiger partial charge in [0.1, 0.15) is 6.04 Å². The van der Waals surface area contributed by atoms with E-state index in [1.807, 2.05) is 63.2 Å². The molecule has 8 heteroatoms. The van der Waals surface area contributed by atoms with Crippen molar-refractivity contribution in [2.24, 2.45) is 0 Å². The molecule has 39 heavy (non-hydrogen) atoms. The summed E-state index contributed by atoms with van der Waals surface area (Å²) in [6.45, 7) is 6.52. The second-order valence-electron chi connectivity index (χ2n) is 10.8. The van der Waals surface area contributed by atoms with Crippen molar-refractivity contribution in [3.05, 3.63) is 65.2 Å². The van der Waals surface area contributed by atoms with E-state index in [1.165, 1.54) is 17.0 Å². The van der Waals surface area contributed by atoms with Gasteiger partial charge in [0, 0.05) is 25.6 Å². The Balaban J connectivity index is 1.72. The number of carbonyl (C=O) groups excluding carboxylic acids is 2. The fourth-order valence-corrected chi connectivity index (χ4v) is 6.28. The molecule has 3 rings (SSSR count). The van der Waals surface area contributed by atoms with Gasteiger partial charge in [-0.05, 0) is 74.8 Å². The van der Waals surface area contributed by atoms with Crippen LogP contribution in [0.5, 0.6) is 0 Å². The van der Waals surface area contributed by atoms with Crippen LogP contribution in [0.4, 0.5) is 5.69 Å². The van der Waals surface area contributed by atoms with E-state index in [0.29, 0.717) is 31.5 Å². The molecule has 2 amide bonds. The maximum Gasteiger partial charge on any atom is 0.243 e. The third-order valence-electron chi connectivity index (χ3n) is 7.75. The Kier molecular flexibility index (Phi) is 11.4. The molecule has 0 saturated heterocycles. The smallest absolute Gasteiger partial charge is 0.243 e. The Morgan fingerprint density at radius 1 is 0.974 bits per heavy atom. The van der Waals surface area contributed by atoms with Crippen LogP contribution in [-0.2, 0) is 26.0 Å². The number of anilines is 1. The molecule has 0 unspecified atom stereocenters. The molecule has 7 nitrogen and oxygen atoms in total. The van der Waals surface area contributed by atoms with Crippen molar-refractivity contribution < 1.29 is 18.0 Å². The predicted octanol–water partition coefficient (Wildman–Crippen LogP) is 5.15. The molecular formula is C31H45N3O4S. The fraction of sp³-hybridized carbons (Fsp3) is 0.548. The normalized spacial score (nSPS) is 15.0. The first-order valence-corrected chi connectivity index (χ1v) is 16.1. The Morgan fingerprint density at radius 3 is 2.28 bits per heavy atom. The number of aryl methyl sites for hydroxylation is 2. The summed E-state index contributed by atoms with van der Waals surface area (Å²) in [4.78, 5) is 28.7. The highest BCUT2D eigenvalue weighted by Crippen LogP contribution is 2.23. The first-order chi connectivity index (χ1) is 18.6. The quantitative estimate of drug-likeness (QED) is 0.370. The Labute approximate surface area is 235 Å². The van der Waals surface area contributed by atoms with Crippen LogP contribution in [0.2, 0.25) is 0 Å². The average molecular weight is 556 g/mol. The topological polar surface area (TPSA) is 86.8 Å². The highest BCUT2D eigenvalue weighted by molar-refractivity contribution is 7.92. The third kappa shape index (κ3) is 9.09. The Bertz CT molecular complexity index is 1190. The van der Waals surface area contributed by atoms with Crippen molar-refractivity contribution in [1.82, 2.24) is 10.2 Å². The van der Waals surface area contributed by atoms with Crippen molar-refractivity contribution >= 4 is 27.5 Å². The van der Waals surface area contributed by atoms with Gasteiger partial charge in [-0.2, -0.15) is 0 Å². The van der Waals surface area contributed by atoms with Crippen LogP contribution in [0, 0.1) is 13.8 Å². The summed E-state index contributed by atoms with van der Waals surface area (Å²) in [7, 11) is -3.52. The van der Waals surface area contributed by atoms with Crippen molar-refractivity contribution in [3.8, 4) is 0 Å². The molecule has 2 aromatic rings. The molecule has 1 N–H and O–H groups in total. The lowest BCUT2D eigenvalue weighted by Crippen LogP contribution is -2.52. The summed E-state index contributed by atoms with van der Waals surface area (Å²) < 4.78 is 26.6. The van der Waals surface area contributed by atoms with Crippen LogP contribution in [0.3, 0.4) is 0 Å². The zero-order valence-corrected chi connectivity index (χ0v) is 24.8. The van der Waals surface area contributed by atoms with E-state index in [1.54, 1.807) is 11.0 Å². The number of hydrogen-bond acceptors (Lipinski definition) is 4. The lowest BCUT2D eigenvalue weighted by molar-refractivity contribution is -0.141. The standard InChI is InChI=1S/C31H45N3O4S/c1-5-29(31(36)32-27-15-10-7-11-16-27)33(22-20-26-13-8-6-9-14-26)30(35)17-12-21-34(39(4,37)38)28-19-18-24(2)25(3)23-28/h6,8-9,13-14,18-19,23,27,29H,5,7,10-12,15-17,20-22H2,1-4H3,(H,32,36)/t29-/m1/s1. The molecule has 0 radical (unpaired) electrons. The molecule has 0 bridgehead atoms. The van der Waals surface area contributed by atoms with E-state index in [9.17, 15) is 18.0 Å². The van der Waals surface area contributed by atoms with E-state index in [-0.39, 0.29) is 30.8 Å². The molecule has 1 fully saturated rings. The lowest BCUT2D eigenvalue weighted by atomic mass is 9.95. The SMILES string of the molecule is CC[C@H](C(=O)NC1CCCCC1)N(CCc1ccccc1)C(=O)CCCN(c1ccc(C)c(C)c1)S(C)(=O)=O. The van der Waals surface area contributed by atoms with Crippen LogP contribution >= 0.6 is 0 Å². The second kappa shape index (κ2) is 14.5. The highest BCUT2D eigenvalue weighted by Gasteiger charge is 2.30. The van der Waals surface area contributed by atoms with Crippen LogP contribution < -0.4 is 9.62 Å². The van der Waals surface area contributed by atoms with E-state index >= 15 is 0 Å². The average Bonchev–Trinajstić information content (AvgIpc) is 2.91. The number of nitrogens with zero attached hydrogens (tertiary/aromatic N) is 2.